The number of amides is 1. The number of rotatable bonds is 7. The molecule has 9 nitrogen and oxygen atoms in total. The summed E-state index contributed by atoms with van der Waals surface area (Å²) < 4.78 is 42.0. The maximum absolute atomic E-state index is 12.9. The standard InChI is InChI=1S/C21H23ClN2O7S/c1-4-29-21(26)16-7-5-14(11-17(16)22)23-20(25)13(2)24(32(3,27)28)15-6-8-18-19(12-15)31-10-9-30-18/h5-8,11-13H,4,9-10H2,1-3H3,(H,23,25)/t13-/m1/s1. The molecule has 1 N–H and O–H groups in total. The van der Waals surface area contributed by atoms with E-state index in [1.807, 2.05) is 0 Å². The number of anilines is 2. The lowest BCUT2D eigenvalue weighted by atomic mass is 10.2. The van der Waals surface area contributed by atoms with Crippen molar-refractivity contribution in [2.75, 3.05) is 35.7 Å². The van der Waals surface area contributed by atoms with Crippen molar-refractivity contribution in [1.82, 2.24) is 0 Å². The monoisotopic (exact) mass is 482 g/mol. The van der Waals surface area contributed by atoms with E-state index in [1.54, 1.807) is 19.1 Å². The van der Waals surface area contributed by atoms with Crippen LogP contribution in [0.3, 0.4) is 0 Å². The van der Waals surface area contributed by atoms with Crippen molar-refractivity contribution in [3.05, 3.63) is 47.0 Å². The van der Waals surface area contributed by atoms with Crippen molar-refractivity contribution in [2.24, 2.45) is 0 Å². The van der Waals surface area contributed by atoms with Gasteiger partial charge in [-0.2, -0.15) is 0 Å². The van der Waals surface area contributed by atoms with Gasteiger partial charge in [-0.15, -0.1) is 0 Å². The van der Waals surface area contributed by atoms with E-state index in [9.17, 15) is 18.0 Å². The lowest BCUT2D eigenvalue weighted by Gasteiger charge is -2.29. The maximum atomic E-state index is 12.9. The fraction of sp³-hybridized carbons (Fsp3) is 0.333. The van der Waals surface area contributed by atoms with Crippen molar-refractivity contribution in [3.63, 3.8) is 0 Å². The molecule has 0 bridgehead atoms. The van der Waals surface area contributed by atoms with Crippen LogP contribution in [0.15, 0.2) is 36.4 Å². The van der Waals surface area contributed by atoms with E-state index in [-0.39, 0.29) is 22.9 Å². The Kier molecular flexibility index (Phi) is 7.15. The van der Waals surface area contributed by atoms with Crippen LogP contribution in [-0.4, -0.2) is 52.4 Å². The average Bonchev–Trinajstić information content (AvgIpc) is 2.73. The van der Waals surface area contributed by atoms with Gasteiger partial charge in [-0.25, -0.2) is 13.2 Å². The van der Waals surface area contributed by atoms with E-state index in [0.717, 1.165) is 10.6 Å². The Morgan fingerprint density at radius 3 is 2.47 bits per heavy atom. The summed E-state index contributed by atoms with van der Waals surface area (Å²) >= 11 is 6.14. The Morgan fingerprint density at radius 2 is 1.84 bits per heavy atom. The van der Waals surface area contributed by atoms with Gasteiger partial charge in [0.2, 0.25) is 15.9 Å². The Labute approximate surface area is 191 Å². The molecule has 0 spiro atoms. The lowest BCUT2D eigenvalue weighted by Crippen LogP contribution is -2.45. The number of hydrogen-bond donors (Lipinski definition) is 1. The first-order valence-electron chi connectivity index (χ1n) is 9.78. The van der Waals surface area contributed by atoms with Crippen molar-refractivity contribution in [2.45, 2.75) is 19.9 Å². The molecule has 1 aliphatic heterocycles. The molecule has 1 atom stereocenters. The summed E-state index contributed by atoms with van der Waals surface area (Å²) in [5.41, 5.74) is 0.722. The van der Waals surface area contributed by atoms with Crippen LogP contribution in [0.25, 0.3) is 0 Å². The highest BCUT2D eigenvalue weighted by atomic mass is 35.5. The van der Waals surface area contributed by atoms with Gasteiger partial charge in [-0.3, -0.25) is 9.10 Å². The SMILES string of the molecule is CCOC(=O)c1ccc(NC(=O)[C@@H](C)N(c2ccc3c(c2)OCCO3)S(C)(=O)=O)cc1Cl. The topological polar surface area (TPSA) is 111 Å². The van der Waals surface area contributed by atoms with E-state index in [4.69, 9.17) is 25.8 Å². The van der Waals surface area contributed by atoms with Crippen LogP contribution in [-0.2, 0) is 19.6 Å². The first-order chi connectivity index (χ1) is 15.1. The predicted molar refractivity (Wildman–Crippen MR) is 120 cm³/mol. The third-order valence-electron chi connectivity index (χ3n) is 4.60. The van der Waals surface area contributed by atoms with Crippen LogP contribution in [0.4, 0.5) is 11.4 Å². The summed E-state index contributed by atoms with van der Waals surface area (Å²) in [4.78, 5) is 24.8. The highest BCUT2D eigenvalue weighted by Gasteiger charge is 2.30. The first-order valence-corrected chi connectivity index (χ1v) is 12.0. The van der Waals surface area contributed by atoms with E-state index in [2.05, 4.69) is 5.32 Å². The zero-order valence-corrected chi connectivity index (χ0v) is 19.3. The van der Waals surface area contributed by atoms with Gasteiger partial charge in [0.25, 0.3) is 0 Å². The smallest absolute Gasteiger partial charge is 0.339 e. The molecule has 3 rings (SSSR count). The molecule has 1 aliphatic rings. The molecule has 1 amide bonds. The van der Waals surface area contributed by atoms with Crippen LogP contribution < -0.4 is 19.1 Å². The number of sulfonamides is 1. The minimum atomic E-state index is -3.82. The number of hydrogen-bond acceptors (Lipinski definition) is 7. The molecule has 0 fully saturated rings. The number of carbonyl (C=O) groups excluding carboxylic acids is 2. The molecular weight excluding hydrogens is 460 g/mol. The van der Waals surface area contributed by atoms with Gasteiger partial charge < -0.3 is 19.5 Å². The Balaban J connectivity index is 1.83. The van der Waals surface area contributed by atoms with Crippen molar-refractivity contribution in [3.8, 4) is 11.5 Å². The second-order valence-electron chi connectivity index (χ2n) is 6.97. The summed E-state index contributed by atoms with van der Waals surface area (Å²) in [5.74, 6) is -0.269. The number of halogens is 1. The molecule has 0 aliphatic carbocycles. The first kappa shape index (κ1) is 23.7. The van der Waals surface area contributed by atoms with Gasteiger partial charge in [0.1, 0.15) is 19.3 Å². The number of carbonyl (C=O) groups is 2. The molecule has 1 heterocycles. The summed E-state index contributed by atoms with van der Waals surface area (Å²) in [6, 6.07) is 7.87. The Bertz CT molecular complexity index is 1140. The molecule has 32 heavy (non-hydrogen) atoms. The van der Waals surface area contributed by atoms with Crippen molar-refractivity contribution in [1.29, 1.82) is 0 Å². The zero-order valence-electron chi connectivity index (χ0n) is 17.8. The zero-order chi connectivity index (χ0) is 23.5. The summed E-state index contributed by atoms with van der Waals surface area (Å²) in [6.07, 6.45) is 1.01. The van der Waals surface area contributed by atoms with E-state index >= 15 is 0 Å². The number of nitrogens with zero attached hydrogens (tertiary/aromatic N) is 1. The molecule has 2 aromatic rings. The van der Waals surface area contributed by atoms with Gasteiger partial charge in [-0.05, 0) is 44.2 Å². The van der Waals surface area contributed by atoms with E-state index < -0.39 is 27.9 Å². The minimum Gasteiger partial charge on any atom is -0.486 e. The summed E-state index contributed by atoms with van der Waals surface area (Å²) in [6.45, 7) is 4.08. The predicted octanol–water partition coefficient (Wildman–Crippen LogP) is 3.08. The van der Waals surface area contributed by atoms with Crippen LogP contribution in [0.1, 0.15) is 24.2 Å². The average molecular weight is 483 g/mol. The normalized spacial score (nSPS) is 13.8. The number of ether oxygens (including phenoxy) is 3. The third kappa shape index (κ3) is 5.25. The molecule has 0 radical (unpaired) electrons. The molecule has 172 valence electrons. The van der Waals surface area contributed by atoms with Gasteiger partial charge >= 0.3 is 5.97 Å². The summed E-state index contributed by atoms with van der Waals surface area (Å²) in [5, 5.41) is 2.73. The van der Waals surface area contributed by atoms with Crippen LogP contribution >= 0.6 is 11.6 Å². The maximum Gasteiger partial charge on any atom is 0.339 e. The second kappa shape index (κ2) is 9.66. The molecule has 2 aromatic carbocycles. The molecule has 0 unspecified atom stereocenters. The number of fused-ring (bicyclic) bond motifs is 1. The molecule has 0 saturated carbocycles. The van der Waals surface area contributed by atoms with E-state index in [1.165, 1.54) is 31.2 Å². The van der Waals surface area contributed by atoms with Gasteiger partial charge in [0.05, 0.1) is 29.1 Å². The fourth-order valence-corrected chi connectivity index (χ4v) is 4.62. The van der Waals surface area contributed by atoms with Crippen LogP contribution in [0.2, 0.25) is 5.02 Å². The van der Waals surface area contributed by atoms with Gasteiger partial charge in [0.15, 0.2) is 11.5 Å². The second-order valence-corrected chi connectivity index (χ2v) is 9.23. The molecule has 11 heteroatoms. The Morgan fingerprint density at radius 1 is 1.16 bits per heavy atom. The lowest BCUT2D eigenvalue weighted by molar-refractivity contribution is -0.116. The molecule has 0 saturated heterocycles. The largest absolute Gasteiger partial charge is 0.486 e. The number of esters is 1. The quantitative estimate of drug-likeness (QED) is 0.603. The van der Waals surface area contributed by atoms with Gasteiger partial charge in [0, 0.05) is 11.8 Å². The van der Waals surface area contributed by atoms with Crippen LogP contribution in [0.5, 0.6) is 11.5 Å². The Hall–Kier alpha value is -2.98. The fourth-order valence-electron chi connectivity index (χ4n) is 3.19. The third-order valence-corrected chi connectivity index (χ3v) is 6.16. The van der Waals surface area contributed by atoms with Crippen LogP contribution in [0, 0.1) is 0 Å². The van der Waals surface area contributed by atoms with Crippen molar-refractivity contribution >= 4 is 44.9 Å². The number of benzene rings is 2. The highest BCUT2D eigenvalue weighted by molar-refractivity contribution is 7.92. The highest BCUT2D eigenvalue weighted by Crippen LogP contribution is 2.35. The van der Waals surface area contributed by atoms with E-state index in [0.29, 0.717) is 30.4 Å². The molecular formula is C21H23ClN2O7S. The van der Waals surface area contributed by atoms with Crippen molar-refractivity contribution < 1.29 is 32.2 Å². The molecule has 0 aromatic heterocycles. The number of nitrogens with one attached hydrogen (secondary N) is 1. The minimum absolute atomic E-state index is 0.0979. The summed E-state index contributed by atoms with van der Waals surface area (Å²) in [7, 11) is -3.82. The van der Waals surface area contributed by atoms with Gasteiger partial charge in [-0.1, -0.05) is 11.6 Å².